The average Bonchev–Trinajstić information content (AvgIpc) is 2.37. The smallest absolute Gasteiger partial charge is 0.183 e. The first-order valence-electron chi connectivity index (χ1n) is 7.90. The van der Waals surface area contributed by atoms with E-state index >= 15 is 0 Å². The van der Waals surface area contributed by atoms with Crippen LogP contribution >= 0.6 is 0 Å². The lowest BCUT2D eigenvalue weighted by Gasteiger charge is -2.39. The third-order valence-corrected chi connectivity index (χ3v) is 6.95. The summed E-state index contributed by atoms with van der Waals surface area (Å²) < 4.78 is 26.2. The van der Waals surface area contributed by atoms with Crippen LogP contribution in [0.1, 0.15) is 39.2 Å². The number of aryl methyl sites for hydroxylation is 1. The van der Waals surface area contributed by atoms with Crippen LogP contribution in [0.2, 0.25) is 0 Å². The summed E-state index contributed by atoms with van der Waals surface area (Å²) in [5.41, 5.74) is 0.993. The van der Waals surface area contributed by atoms with E-state index in [0.717, 1.165) is 24.9 Å². The van der Waals surface area contributed by atoms with E-state index in [1.807, 2.05) is 26.0 Å². The monoisotopic (exact) mass is 309 g/mol. The second-order valence-electron chi connectivity index (χ2n) is 6.54. The van der Waals surface area contributed by atoms with Gasteiger partial charge in [-0.05, 0) is 55.8 Å². The first-order chi connectivity index (χ1) is 9.86. The summed E-state index contributed by atoms with van der Waals surface area (Å²) in [4.78, 5) is 0.469. The molecular weight excluding hydrogens is 282 g/mol. The molecule has 4 unspecified atom stereocenters. The van der Waals surface area contributed by atoms with Crippen molar-refractivity contribution in [3.63, 3.8) is 0 Å². The summed E-state index contributed by atoms with van der Waals surface area (Å²) in [6, 6.07) is 7.35. The third kappa shape index (κ3) is 3.49. The number of sulfone groups is 1. The maximum atomic E-state index is 13.1. The average molecular weight is 309 g/mol. The normalized spacial score (nSPS) is 30.3. The Balaban J connectivity index is 2.40. The summed E-state index contributed by atoms with van der Waals surface area (Å²) in [5, 5.41) is 3.08. The Kier molecular flexibility index (Phi) is 5.10. The Bertz CT molecular complexity index is 582. The van der Waals surface area contributed by atoms with Crippen molar-refractivity contribution >= 4 is 9.84 Å². The van der Waals surface area contributed by atoms with Gasteiger partial charge < -0.3 is 5.32 Å². The van der Waals surface area contributed by atoms with Crippen LogP contribution < -0.4 is 5.32 Å². The molecule has 1 fully saturated rings. The SMILES string of the molecule is CCNC1CC(C)CC(C)C1S(=O)(=O)c1cccc(C)c1. The molecule has 4 heteroatoms. The number of hydrogen-bond acceptors (Lipinski definition) is 3. The Labute approximate surface area is 129 Å². The summed E-state index contributed by atoms with van der Waals surface area (Å²) in [5.74, 6) is 0.760. The molecule has 0 radical (unpaired) electrons. The van der Waals surface area contributed by atoms with E-state index in [4.69, 9.17) is 0 Å². The lowest BCUT2D eigenvalue weighted by molar-refractivity contribution is 0.244. The second-order valence-corrected chi connectivity index (χ2v) is 8.65. The summed E-state index contributed by atoms with van der Waals surface area (Å²) >= 11 is 0. The Morgan fingerprint density at radius 3 is 2.57 bits per heavy atom. The quantitative estimate of drug-likeness (QED) is 0.929. The lowest BCUT2D eigenvalue weighted by atomic mass is 9.80. The minimum absolute atomic E-state index is 0.0549. The van der Waals surface area contributed by atoms with Gasteiger partial charge in [0.15, 0.2) is 9.84 Å². The van der Waals surface area contributed by atoms with E-state index in [1.165, 1.54) is 0 Å². The minimum atomic E-state index is -3.29. The van der Waals surface area contributed by atoms with Gasteiger partial charge in [-0.15, -0.1) is 0 Å². The zero-order valence-electron chi connectivity index (χ0n) is 13.5. The molecule has 1 aliphatic rings. The van der Waals surface area contributed by atoms with Crippen LogP contribution in [0, 0.1) is 18.8 Å². The fraction of sp³-hybridized carbons (Fsp3) is 0.647. The number of nitrogens with one attached hydrogen (secondary N) is 1. The van der Waals surface area contributed by atoms with Crippen LogP contribution in [0.3, 0.4) is 0 Å². The first-order valence-corrected chi connectivity index (χ1v) is 9.44. The molecule has 4 atom stereocenters. The molecule has 1 aromatic carbocycles. The third-order valence-electron chi connectivity index (χ3n) is 4.53. The van der Waals surface area contributed by atoms with Crippen LogP contribution in [0.4, 0.5) is 0 Å². The van der Waals surface area contributed by atoms with E-state index in [1.54, 1.807) is 12.1 Å². The van der Waals surface area contributed by atoms with Crippen molar-refractivity contribution < 1.29 is 8.42 Å². The fourth-order valence-electron chi connectivity index (χ4n) is 3.76. The molecule has 1 aliphatic carbocycles. The standard InChI is InChI=1S/C17H27NO2S/c1-5-18-16-11-13(3)9-14(4)17(16)21(19,20)15-8-6-7-12(2)10-15/h6-8,10,13-14,16-18H,5,9,11H2,1-4H3. The molecular formula is C17H27NO2S. The van der Waals surface area contributed by atoms with Gasteiger partial charge in [-0.1, -0.05) is 32.9 Å². The predicted octanol–water partition coefficient (Wildman–Crippen LogP) is 3.18. The fourth-order valence-corrected chi connectivity index (χ4v) is 6.06. The van der Waals surface area contributed by atoms with Crippen LogP contribution in [-0.2, 0) is 9.84 Å². The first kappa shape index (κ1) is 16.5. The highest BCUT2D eigenvalue weighted by Crippen LogP contribution is 2.36. The molecule has 0 heterocycles. The van der Waals surface area contributed by atoms with Gasteiger partial charge in [0.1, 0.15) is 0 Å². The van der Waals surface area contributed by atoms with Crippen molar-refractivity contribution in [1.29, 1.82) is 0 Å². The van der Waals surface area contributed by atoms with E-state index in [0.29, 0.717) is 10.8 Å². The van der Waals surface area contributed by atoms with Crippen LogP contribution in [0.15, 0.2) is 29.2 Å². The summed E-state index contributed by atoms with van der Waals surface area (Å²) in [6.07, 6.45) is 1.92. The van der Waals surface area contributed by atoms with Crippen molar-refractivity contribution in [1.82, 2.24) is 5.32 Å². The Morgan fingerprint density at radius 2 is 1.95 bits per heavy atom. The molecule has 21 heavy (non-hydrogen) atoms. The van der Waals surface area contributed by atoms with Crippen molar-refractivity contribution in [2.45, 2.75) is 56.7 Å². The van der Waals surface area contributed by atoms with Gasteiger partial charge in [-0.3, -0.25) is 0 Å². The van der Waals surface area contributed by atoms with Gasteiger partial charge >= 0.3 is 0 Å². The maximum Gasteiger partial charge on any atom is 0.183 e. The number of rotatable bonds is 4. The molecule has 0 aliphatic heterocycles. The topological polar surface area (TPSA) is 46.2 Å². The summed E-state index contributed by atoms with van der Waals surface area (Å²) in [6.45, 7) is 9.09. The van der Waals surface area contributed by atoms with Crippen molar-refractivity contribution in [2.24, 2.45) is 11.8 Å². The number of hydrogen-bond donors (Lipinski definition) is 1. The molecule has 0 bridgehead atoms. The van der Waals surface area contributed by atoms with E-state index < -0.39 is 9.84 Å². The molecule has 1 N–H and O–H groups in total. The highest BCUT2D eigenvalue weighted by molar-refractivity contribution is 7.92. The molecule has 118 valence electrons. The van der Waals surface area contributed by atoms with Gasteiger partial charge in [-0.25, -0.2) is 8.42 Å². The Morgan fingerprint density at radius 1 is 1.24 bits per heavy atom. The van der Waals surface area contributed by atoms with Crippen molar-refractivity contribution in [3.05, 3.63) is 29.8 Å². The molecule has 1 aromatic rings. The number of benzene rings is 1. The molecule has 1 saturated carbocycles. The highest BCUT2D eigenvalue weighted by Gasteiger charge is 2.42. The van der Waals surface area contributed by atoms with E-state index in [2.05, 4.69) is 19.2 Å². The molecule has 0 amide bonds. The summed E-state index contributed by atoms with van der Waals surface area (Å²) in [7, 11) is -3.29. The lowest BCUT2D eigenvalue weighted by Crippen LogP contribution is -2.51. The van der Waals surface area contributed by atoms with Gasteiger partial charge in [0.25, 0.3) is 0 Å². The van der Waals surface area contributed by atoms with Gasteiger partial charge in [-0.2, -0.15) is 0 Å². The molecule has 2 rings (SSSR count). The van der Waals surface area contributed by atoms with Gasteiger partial charge in [0, 0.05) is 6.04 Å². The van der Waals surface area contributed by atoms with Gasteiger partial charge in [0.05, 0.1) is 10.1 Å². The van der Waals surface area contributed by atoms with Crippen LogP contribution in [0.5, 0.6) is 0 Å². The van der Waals surface area contributed by atoms with Crippen molar-refractivity contribution in [3.8, 4) is 0 Å². The van der Waals surface area contributed by atoms with E-state index in [9.17, 15) is 8.42 Å². The van der Waals surface area contributed by atoms with Crippen molar-refractivity contribution in [2.75, 3.05) is 6.54 Å². The van der Waals surface area contributed by atoms with Gasteiger partial charge in [0.2, 0.25) is 0 Å². The van der Waals surface area contributed by atoms with E-state index in [-0.39, 0.29) is 17.2 Å². The van der Waals surface area contributed by atoms with Crippen LogP contribution in [-0.4, -0.2) is 26.3 Å². The minimum Gasteiger partial charge on any atom is -0.313 e. The predicted molar refractivity (Wildman–Crippen MR) is 87.2 cm³/mol. The highest BCUT2D eigenvalue weighted by atomic mass is 32.2. The maximum absolute atomic E-state index is 13.1. The molecule has 3 nitrogen and oxygen atoms in total. The zero-order valence-corrected chi connectivity index (χ0v) is 14.3. The second kappa shape index (κ2) is 6.49. The largest absolute Gasteiger partial charge is 0.313 e. The molecule has 0 saturated heterocycles. The molecule has 0 aromatic heterocycles. The van der Waals surface area contributed by atoms with Crippen LogP contribution in [0.25, 0.3) is 0 Å². The molecule has 0 spiro atoms. The Hall–Kier alpha value is -0.870. The zero-order chi connectivity index (χ0) is 15.6.